The van der Waals surface area contributed by atoms with Crippen molar-refractivity contribution in [2.24, 2.45) is 11.8 Å². The summed E-state index contributed by atoms with van der Waals surface area (Å²) in [5.74, 6) is 0.920. The first kappa shape index (κ1) is 11.9. The minimum atomic E-state index is -0.168. The maximum Gasteiger partial charge on any atom is 0.115 e. The van der Waals surface area contributed by atoms with Gasteiger partial charge in [0.05, 0.1) is 25.5 Å². The molecule has 0 atom stereocenters. The van der Waals surface area contributed by atoms with Crippen molar-refractivity contribution < 1.29 is 9.57 Å². The van der Waals surface area contributed by atoms with Crippen LogP contribution in [0.3, 0.4) is 0 Å². The first-order valence-corrected chi connectivity index (χ1v) is 6.24. The van der Waals surface area contributed by atoms with E-state index in [-0.39, 0.29) is 5.60 Å². The van der Waals surface area contributed by atoms with Gasteiger partial charge in [-0.2, -0.15) is 0 Å². The van der Waals surface area contributed by atoms with Crippen molar-refractivity contribution in [3.8, 4) is 0 Å². The molecule has 16 heavy (non-hydrogen) atoms. The second kappa shape index (κ2) is 4.04. The van der Waals surface area contributed by atoms with Crippen molar-refractivity contribution >= 4 is 0 Å². The van der Waals surface area contributed by atoms with E-state index in [0.717, 1.165) is 19.8 Å². The van der Waals surface area contributed by atoms with E-state index in [0.29, 0.717) is 11.8 Å². The zero-order valence-corrected chi connectivity index (χ0v) is 11.0. The van der Waals surface area contributed by atoms with E-state index in [1.54, 1.807) is 0 Å². The Labute approximate surface area is 98.4 Å². The summed E-state index contributed by atoms with van der Waals surface area (Å²) in [4.78, 5) is 5.70. The lowest BCUT2D eigenvalue weighted by molar-refractivity contribution is -0.205. The lowest BCUT2D eigenvalue weighted by atomic mass is 9.75. The number of hydroxylamine groups is 2. The molecule has 0 aromatic rings. The zero-order chi connectivity index (χ0) is 11.9. The van der Waals surface area contributed by atoms with Crippen LogP contribution in [0.5, 0.6) is 0 Å². The maximum atomic E-state index is 6.19. The second-order valence-corrected chi connectivity index (χ2v) is 5.46. The molecule has 0 unspecified atom stereocenters. The number of hydrogen-bond donors (Lipinski definition) is 0. The average Bonchev–Trinajstić information content (AvgIpc) is 2.60. The van der Waals surface area contributed by atoms with Crippen molar-refractivity contribution in [1.82, 2.24) is 5.06 Å². The topological polar surface area (TPSA) is 21.7 Å². The Morgan fingerprint density at radius 3 is 2.38 bits per heavy atom. The predicted molar refractivity (Wildman–Crippen MR) is 63.7 cm³/mol. The van der Waals surface area contributed by atoms with Crippen LogP contribution in [0, 0.1) is 11.8 Å². The zero-order valence-electron chi connectivity index (χ0n) is 11.0. The molecule has 2 rings (SSSR count). The molecule has 2 heterocycles. The quantitative estimate of drug-likeness (QED) is 0.721. The number of ether oxygens (including phenoxy) is 1. The Kier molecular flexibility index (Phi) is 3.01. The van der Waals surface area contributed by atoms with Crippen molar-refractivity contribution in [2.45, 2.75) is 40.2 Å². The lowest BCUT2D eigenvalue weighted by Gasteiger charge is -2.48. The SMILES string of the molecule is CC1=C2N(CCOC2(C(C)C)C(C)C)OC1. The van der Waals surface area contributed by atoms with Crippen molar-refractivity contribution in [3.63, 3.8) is 0 Å². The largest absolute Gasteiger partial charge is 0.366 e. The van der Waals surface area contributed by atoms with Gasteiger partial charge in [-0.3, -0.25) is 9.90 Å². The van der Waals surface area contributed by atoms with Crippen LogP contribution in [0.2, 0.25) is 0 Å². The summed E-state index contributed by atoms with van der Waals surface area (Å²) in [7, 11) is 0. The molecular weight excluding hydrogens is 202 g/mol. The van der Waals surface area contributed by atoms with Crippen LogP contribution < -0.4 is 0 Å². The highest BCUT2D eigenvalue weighted by Gasteiger charge is 2.49. The van der Waals surface area contributed by atoms with Gasteiger partial charge in [0.1, 0.15) is 5.60 Å². The first-order valence-electron chi connectivity index (χ1n) is 6.24. The van der Waals surface area contributed by atoms with E-state index < -0.39 is 0 Å². The summed E-state index contributed by atoms with van der Waals surface area (Å²) in [6.07, 6.45) is 0. The van der Waals surface area contributed by atoms with Gasteiger partial charge in [-0.25, -0.2) is 0 Å². The number of morpholine rings is 1. The van der Waals surface area contributed by atoms with Gasteiger partial charge < -0.3 is 4.74 Å². The Morgan fingerprint density at radius 2 is 1.81 bits per heavy atom. The van der Waals surface area contributed by atoms with Gasteiger partial charge in [0.15, 0.2) is 0 Å². The molecule has 2 aliphatic heterocycles. The monoisotopic (exact) mass is 225 g/mol. The molecule has 0 aromatic heterocycles. The lowest BCUT2D eigenvalue weighted by Crippen LogP contribution is -2.54. The van der Waals surface area contributed by atoms with E-state index in [1.165, 1.54) is 11.3 Å². The minimum absolute atomic E-state index is 0.168. The van der Waals surface area contributed by atoms with Crippen molar-refractivity contribution in [1.29, 1.82) is 0 Å². The Hall–Kier alpha value is -0.540. The molecule has 0 bridgehead atoms. The van der Waals surface area contributed by atoms with Gasteiger partial charge in [-0.1, -0.05) is 27.7 Å². The molecule has 92 valence electrons. The van der Waals surface area contributed by atoms with Crippen LogP contribution in [0.1, 0.15) is 34.6 Å². The molecule has 0 saturated carbocycles. The van der Waals surface area contributed by atoms with Gasteiger partial charge >= 0.3 is 0 Å². The Bertz CT molecular complexity index is 299. The van der Waals surface area contributed by atoms with Crippen LogP contribution in [-0.2, 0) is 9.57 Å². The van der Waals surface area contributed by atoms with Gasteiger partial charge in [-0.15, -0.1) is 0 Å². The molecule has 0 aromatic carbocycles. The summed E-state index contributed by atoms with van der Waals surface area (Å²) in [6.45, 7) is 13.4. The number of rotatable bonds is 2. The summed E-state index contributed by atoms with van der Waals surface area (Å²) in [5.41, 5.74) is 2.43. The van der Waals surface area contributed by atoms with Crippen LogP contribution in [0.4, 0.5) is 0 Å². The third-order valence-electron chi connectivity index (χ3n) is 3.81. The molecule has 0 radical (unpaired) electrons. The predicted octanol–water partition coefficient (Wildman–Crippen LogP) is 2.59. The summed E-state index contributed by atoms with van der Waals surface area (Å²) < 4.78 is 6.19. The number of fused-ring (bicyclic) bond motifs is 1. The van der Waals surface area contributed by atoms with Crippen molar-refractivity contribution in [2.75, 3.05) is 19.8 Å². The Morgan fingerprint density at radius 1 is 1.19 bits per heavy atom. The van der Waals surface area contributed by atoms with Gasteiger partial charge in [0.25, 0.3) is 0 Å². The fraction of sp³-hybridized carbons (Fsp3) is 0.846. The normalized spacial score (nSPS) is 24.6. The highest BCUT2D eigenvalue weighted by atomic mass is 16.7. The third kappa shape index (κ3) is 1.49. The highest BCUT2D eigenvalue weighted by molar-refractivity contribution is 5.27. The molecule has 3 heteroatoms. The standard InChI is InChI=1S/C13H23NO2/c1-9(2)13(10(3)4)12-11(5)8-16-14(12)6-7-15-13/h9-10H,6-8H2,1-5H3. The third-order valence-corrected chi connectivity index (χ3v) is 3.81. The fourth-order valence-corrected chi connectivity index (χ4v) is 3.14. The molecule has 3 nitrogen and oxygen atoms in total. The maximum absolute atomic E-state index is 6.19. The van der Waals surface area contributed by atoms with Crippen LogP contribution in [0.25, 0.3) is 0 Å². The van der Waals surface area contributed by atoms with Gasteiger partial charge in [0, 0.05) is 0 Å². The van der Waals surface area contributed by atoms with Crippen LogP contribution in [-0.4, -0.2) is 30.4 Å². The van der Waals surface area contributed by atoms with Crippen LogP contribution >= 0.6 is 0 Å². The van der Waals surface area contributed by atoms with Crippen molar-refractivity contribution in [3.05, 3.63) is 11.3 Å². The second-order valence-electron chi connectivity index (χ2n) is 5.46. The highest BCUT2D eigenvalue weighted by Crippen LogP contribution is 2.44. The molecular formula is C13H23NO2. The summed E-state index contributed by atoms with van der Waals surface area (Å²) >= 11 is 0. The molecule has 2 aliphatic rings. The molecule has 0 amide bonds. The molecule has 0 spiro atoms. The van der Waals surface area contributed by atoms with Gasteiger partial charge in [-0.05, 0) is 24.3 Å². The summed E-state index contributed by atoms with van der Waals surface area (Å²) in [6, 6.07) is 0. The number of nitrogens with zero attached hydrogens (tertiary/aromatic N) is 1. The molecule has 1 saturated heterocycles. The first-order chi connectivity index (χ1) is 7.50. The average molecular weight is 225 g/mol. The van der Waals surface area contributed by atoms with E-state index in [2.05, 4.69) is 39.7 Å². The van der Waals surface area contributed by atoms with E-state index in [9.17, 15) is 0 Å². The van der Waals surface area contributed by atoms with E-state index >= 15 is 0 Å². The fourth-order valence-electron chi connectivity index (χ4n) is 3.14. The minimum Gasteiger partial charge on any atom is -0.366 e. The van der Waals surface area contributed by atoms with E-state index in [1.807, 2.05) is 0 Å². The van der Waals surface area contributed by atoms with E-state index in [4.69, 9.17) is 9.57 Å². The molecule has 1 fully saturated rings. The van der Waals surface area contributed by atoms with Gasteiger partial charge in [0.2, 0.25) is 0 Å². The number of hydrogen-bond acceptors (Lipinski definition) is 3. The van der Waals surface area contributed by atoms with Crippen LogP contribution in [0.15, 0.2) is 11.3 Å². The Balaban J connectivity index is 2.47. The summed E-state index contributed by atoms with van der Waals surface area (Å²) in [5, 5.41) is 2.05. The smallest absolute Gasteiger partial charge is 0.115 e. The molecule has 0 N–H and O–H groups in total. The molecule has 0 aliphatic carbocycles.